The number of likely N-dealkylation sites (tertiary alicyclic amines) is 1. The molecular formula is C15H18ClN3. The molecule has 100 valence electrons. The summed E-state index contributed by atoms with van der Waals surface area (Å²) >= 11 is 6.22. The van der Waals surface area contributed by atoms with Crippen LogP contribution in [0.15, 0.2) is 30.5 Å². The fourth-order valence-corrected chi connectivity index (χ4v) is 2.84. The molecule has 0 bridgehead atoms. The molecule has 2 aromatic rings. The van der Waals surface area contributed by atoms with Gasteiger partial charge in [0.05, 0.1) is 16.2 Å². The van der Waals surface area contributed by atoms with Crippen molar-refractivity contribution in [3.05, 3.63) is 35.5 Å². The molecule has 1 N–H and O–H groups in total. The Kier molecular flexibility index (Phi) is 3.58. The zero-order chi connectivity index (χ0) is 13.2. The highest BCUT2D eigenvalue weighted by atomic mass is 35.5. The minimum Gasteiger partial charge on any atom is -0.380 e. The largest absolute Gasteiger partial charge is 0.380 e. The quantitative estimate of drug-likeness (QED) is 0.911. The number of nitrogens with zero attached hydrogens (tertiary/aromatic N) is 2. The van der Waals surface area contributed by atoms with Gasteiger partial charge in [-0.05, 0) is 57.2 Å². The molecule has 0 atom stereocenters. The molecule has 1 aromatic carbocycles. The van der Waals surface area contributed by atoms with E-state index in [1.807, 2.05) is 30.5 Å². The first kappa shape index (κ1) is 12.7. The van der Waals surface area contributed by atoms with Crippen LogP contribution >= 0.6 is 11.6 Å². The van der Waals surface area contributed by atoms with Gasteiger partial charge in [0.1, 0.15) is 0 Å². The zero-order valence-electron chi connectivity index (χ0n) is 11.1. The molecule has 0 aliphatic carbocycles. The standard InChI is InChI=1S/C15H18ClN3/c1-19-9-6-11(7-10-19)18-14-5-4-13(16)12-3-2-8-17-15(12)14/h2-5,8,11,18H,6-7,9-10H2,1H3. The molecule has 1 saturated heterocycles. The Hall–Kier alpha value is -1.32. The maximum atomic E-state index is 6.22. The average molecular weight is 276 g/mol. The van der Waals surface area contributed by atoms with Gasteiger partial charge in [-0.15, -0.1) is 0 Å². The lowest BCUT2D eigenvalue weighted by Crippen LogP contribution is -2.36. The third kappa shape index (κ3) is 2.67. The summed E-state index contributed by atoms with van der Waals surface area (Å²) in [6.07, 6.45) is 4.17. The van der Waals surface area contributed by atoms with Crippen LogP contribution in [0.4, 0.5) is 5.69 Å². The van der Waals surface area contributed by atoms with E-state index < -0.39 is 0 Å². The van der Waals surface area contributed by atoms with Gasteiger partial charge in [-0.2, -0.15) is 0 Å². The maximum absolute atomic E-state index is 6.22. The fourth-order valence-electron chi connectivity index (χ4n) is 2.63. The van der Waals surface area contributed by atoms with Gasteiger partial charge in [-0.25, -0.2) is 0 Å². The Balaban J connectivity index is 1.87. The van der Waals surface area contributed by atoms with E-state index in [1.54, 1.807) is 0 Å². The van der Waals surface area contributed by atoms with Gasteiger partial charge in [0.25, 0.3) is 0 Å². The number of hydrogen-bond donors (Lipinski definition) is 1. The van der Waals surface area contributed by atoms with E-state index >= 15 is 0 Å². The van der Waals surface area contributed by atoms with E-state index in [0.717, 1.165) is 34.7 Å². The van der Waals surface area contributed by atoms with Crippen molar-refractivity contribution in [3.63, 3.8) is 0 Å². The summed E-state index contributed by atoms with van der Waals surface area (Å²) in [4.78, 5) is 6.84. The van der Waals surface area contributed by atoms with Gasteiger partial charge in [0.15, 0.2) is 0 Å². The van der Waals surface area contributed by atoms with Crippen LogP contribution in [0.2, 0.25) is 5.02 Å². The third-order valence-corrected chi connectivity index (χ3v) is 4.12. The summed E-state index contributed by atoms with van der Waals surface area (Å²) in [5.74, 6) is 0. The first-order valence-corrected chi connectivity index (χ1v) is 7.10. The predicted molar refractivity (Wildman–Crippen MR) is 80.9 cm³/mol. The zero-order valence-corrected chi connectivity index (χ0v) is 11.8. The molecule has 3 rings (SSSR count). The Morgan fingerprint density at radius 1 is 1.26 bits per heavy atom. The molecule has 0 spiro atoms. The molecule has 1 aliphatic heterocycles. The summed E-state index contributed by atoms with van der Waals surface area (Å²) in [7, 11) is 2.18. The Bertz CT molecular complexity index is 577. The molecule has 0 radical (unpaired) electrons. The van der Waals surface area contributed by atoms with E-state index in [-0.39, 0.29) is 0 Å². The summed E-state index contributed by atoms with van der Waals surface area (Å²) in [5.41, 5.74) is 2.06. The highest BCUT2D eigenvalue weighted by Gasteiger charge is 2.17. The number of hydrogen-bond acceptors (Lipinski definition) is 3. The topological polar surface area (TPSA) is 28.2 Å². The highest BCUT2D eigenvalue weighted by molar-refractivity contribution is 6.35. The highest BCUT2D eigenvalue weighted by Crippen LogP contribution is 2.29. The molecule has 0 saturated carbocycles. The molecule has 1 aliphatic rings. The number of fused-ring (bicyclic) bond motifs is 1. The van der Waals surface area contributed by atoms with Crippen LogP contribution in [-0.4, -0.2) is 36.1 Å². The molecule has 0 amide bonds. The van der Waals surface area contributed by atoms with Crippen LogP contribution in [-0.2, 0) is 0 Å². The van der Waals surface area contributed by atoms with E-state index in [4.69, 9.17) is 11.6 Å². The van der Waals surface area contributed by atoms with E-state index in [0.29, 0.717) is 6.04 Å². The average Bonchev–Trinajstić information content (AvgIpc) is 2.45. The van der Waals surface area contributed by atoms with Crippen LogP contribution in [0, 0.1) is 0 Å². The van der Waals surface area contributed by atoms with Crippen molar-refractivity contribution < 1.29 is 0 Å². The Morgan fingerprint density at radius 3 is 2.84 bits per heavy atom. The van der Waals surface area contributed by atoms with Gasteiger partial charge < -0.3 is 10.2 Å². The number of halogens is 1. The van der Waals surface area contributed by atoms with Crippen LogP contribution in [0.3, 0.4) is 0 Å². The summed E-state index contributed by atoms with van der Waals surface area (Å²) < 4.78 is 0. The number of nitrogens with one attached hydrogen (secondary N) is 1. The molecule has 19 heavy (non-hydrogen) atoms. The van der Waals surface area contributed by atoms with Crippen LogP contribution in [0.25, 0.3) is 10.9 Å². The molecule has 3 nitrogen and oxygen atoms in total. The minimum absolute atomic E-state index is 0.530. The fraction of sp³-hybridized carbons (Fsp3) is 0.400. The normalized spacial score (nSPS) is 17.8. The number of anilines is 1. The third-order valence-electron chi connectivity index (χ3n) is 3.79. The number of aromatic nitrogens is 1. The van der Waals surface area contributed by atoms with Crippen molar-refractivity contribution in [2.24, 2.45) is 0 Å². The van der Waals surface area contributed by atoms with Crippen molar-refractivity contribution in [3.8, 4) is 0 Å². The van der Waals surface area contributed by atoms with Crippen molar-refractivity contribution in [2.45, 2.75) is 18.9 Å². The van der Waals surface area contributed by atoms with Gasteiger partial charge in [0.2, 0.25) is 0 Å². The summed E-state index contributed by atoms with van der Waals surface area (Å²) in [6, 6.07) is 8.46. The lowest BCUT2D eigenvalue weighted by molar-refractivity contribution is 0.264. The van der Waals surface area contributed by atoms with Crippen LogP contribution in [0.1, 0.15) is 12.8 Å². The molecule has 1 aromatic heterocycles. The van der Waals surface area contributed by atoms with Crippen molar-refractivity contribution in [1.82, 2.24) is 9.88 Å². The lowest BCUT2D eigenvalue weighted by Gasteiger charge is -2.30. The molecule has 4 heteroatoms. The Morgan fingerprint density at radius 2 is 2.05 bits per heavy atom. The molecule has 1 fully saturated rings. The van der Waals surface area contributed by atoms with Crippen molar-refractivity contribution in [1.29, 1.82) is 0 Å². The lowest BCUT2D eigenvalue weighted by atomic mass is 10.0. The van der Waals surface area contributed by atoms with E-state index in [9.17, 15) is 0 Å². The SMILES string of the molecule is CN1CCC(Nc2ccc(Cl)c3cccnc23)CC1. The van der Waals surface area contributed by atoms with Gasteiger partial charge in [0, 0.05) is 17.6 Å². The van der Waals surface area contributed by atoms with E-state index in [2.05, 4.69) is 22.2 Å². The Labute approximate surface area is 118 Å². The monoisotopic (exact) mass is 275 g/mol. The minimum atomic E-state index is 0.530. The van der Waals surface area contributed by atoms with Crippen LogP contribution < -0.4 is 5.32 Å². The number of piperidine rings is 1. The number of rotatable bonds is 2. The molecular weight excluding hydrogens is 258 g/mol. The first-order valence-electron chi connectivity index (χ1n) is 6.72. The second kappa shape index (κ2) is 5.35. The van der Waals surface area contributed by atoms with Gasteiger partial charge in [-0.3, -0.25) is 4.98 Å². The smallest absolute Gasteiger partial charge is 0.0948 e. The van der Waals surface area contributed by atoms with Crippen molar-refractivity contribution >= 4 is 28.2 Å². The predicted octanol–water partition coefficient (Wildman–Crippen LogP) is 3.39. The second-order valence-electron chi connectivity index (χ2n) is 5.22. The summed E-state index contributed by atoms with van der Waals surface area (Å²) in [6.45, 7) is 2.30. The molecule has 2 heterocycles. The summed E-state index contributed by atoms with van der Waals surface area (Å²) in [5, 5.41) is 5.40. The van der Waals surface area contributed by atoms with Crippen molar-refractivity contribution in [2.75, 3.05) is 25.5 Å². The maximum Gasteiger partial charge on any atom is 0.0948 e. The second-order valence-corrected chi connectivity index (χ2v) is 5.62. The van der Waals surface area contributed by atoms with Crippen LogP contribution in [0.5, 0.6) is 0 Å². The molecule has 0 unspecified atom stereocenters. The number of pyridine rings is 1. The van der Waals surface area contributed by atoms with Gasteiger partial charge in [-0.1, -0.05) is 11.6 Å². The van der Waals surface area contributed by atoms with E-state index in [1.165, 1.54) is 12.8 Å². The van der Waals surface area contributed by atoms with Gasteiger partial charge >= 0.3 is 0 Å². The number of benzene rings is 1. The first-order chi connectivity index (χ1) is 9.24.